The molecule has 3 rings (SSSR count). The second kappa shape index (κ2) is 8.45. The number of nitrogens with one attached hydrogen (secondary N) is 1. The van der Waals surface area contributed by atoms with E-state index < -0.39 is 5.97 Å². The SMILES string of the molecule is CCCOc1ccc2ccccc2c1CNc1cc(C(=O)O)ccc1OC. The summed E-state index contributed by atoms with van der Waals surface area (Å²) in [5.74, 6) is 0.450. The van der Waals surface area contributed by atoms with E-state index in [4.69, 9.17) is 9.47 Å². The summed E-state index contributed by atoms with van der Waals surface area (Å²) in [6.07, 6.45) is 0.925. The second-order valence-corrected chi connectivity index (χ2v) is 6.19. The van der Waals surface area contributed by atoms with Crippen LogP contribution in [0.3, 0.4) is 0 Å². The van der Waals surface area contributed by atoms with Gasteiger partial charge in [-0.25, -0.2) is 4.79 Å². The zero-order valence-electron chi connectivity index (χ0n) is 15.5. The molecule has 0 aliphatic rings. The van der Waals surface area contributed by atoms with Gasteiger partial charge in [-0.05, 0) is 41.5 Å². The van der Waals surface area contributed by atoms with E-state index in [2.05, 4.69) is 30.4 Å². The molecule has 0 bridgehead atoms. The summed E-state index contributed by atoms with van der Waals surface area (Å²) in [5, 5.41) is 14.8. The normalized spacial score (nSPS) is 10.6. The number of ether oxygens (including phenoxy) is 2. The number of aromatic carboxylic acids is 1. The van der Waals surface area contributed by atoms with Gasteiger partial charge in [0.2, 0.25) is 0 Å². The van der Waals surface area contributed by atoms with Gasteiger partial charge in [-0.2, -0.15) is 0 Å². The number of hydrogen-bond acceptors (Lipinski definition) is 4. The van der Waals surface area contributed by atoms with Crippen molar-refractivity contribution in [2.45, 2.75) is 19.9 Å². The Kier molecular flexibility index (Phi) is 5.81. The Hall–Kier alpha value is -3.21. The number of rotatable bonds is 8. The van der Waals surface area contributed by atoms with Crippen LogP contribution >= 0.6 is 0 Å². The zero-order valence-corrected chi connectivity index (χ0v) is 15.5. The first-order valence-electron chi connectivity index (χ1n) is 8.92. The van der Waals surface area contributed by atoms with Crippen LogP contribution in [0.15, 0.2) is 54.6 Å². The Labute approximate surface area is 158 Å². The van der Waals surface area contributed by atoms with E-state index in [9.17, 15) is 9.90 Å². The lowest BCUT2D eigenvalue weighted by Gasteiger charge is -2.17. The molecule has 2 N–H and O–H groups in total. The summed E-state index contributed by atoms with van der Waals surface area (Å²) >= 11 is 0. The Morgan fingerprint density at radius 1 is 1.07 bits per heavy atom. The van der Waals surface area contributed by atoms with Crippen molar-refractivity contribution in [2.75, 3.05) is 19.0 Å². The molecule has 5 heteroatoms. The van der Waals surface area contributed by atoms with E-state index in [-0.39, 0.29) is 5.56 Å². The second-order valence-electron chi connectivity index (χ2n) is 6.19. The quantitative estimate of drug-likeness (QED) is 0.591. The third kappa shape index (κ3) is 4.14. The summed E-state index contributed by atoms with van der Waals surface area (Å²) in [7, 11) is 1.56. The Balaban J connectivity index is 1.96. The third-order valence-electron chi connectivity index (χ3n) is 4.36. The molecule has 0 saturated carbocycles. The van der Waals surface area contributed by atoms with Crippen molar-refractivity contribution < 1.29 is 19.4 Å². The molecule has 0 aliphatic heterocycles. The number of benzene rings is 3. The molecule has 0 amide bonds. The minimum absolute atomic E-state index is 0.207. The highest BCUT2D eigenvalue weighted by Gasteiger charge is 2.12. The van der Waals surface area contributed by atoms with E-state index in [1.165, 1.54) is 6.07 Å². The molecule has 0 unspecified atom stereocenters. The van der Waals surface area contributed by atoms with E-state index in [1.807, 2.05) is 18.2 Å². The molecule has 0 radical (unpaired) electrons. The van der Waals surface area contributed by atoms with Crippen molar-refractivity contribution in [3.05, 3.63) is 65.7 Å². The summed E-state index contributed by atoms with van der Waals surface area (Å²) in [4.78, 5) is 11.3. The molecule has 3 aromatic rings. The first-order valence-corrected chi connectivity index (χ1v) is 8.92. The van der Waals surface area contributed by atoms with E-state index in [1.54, 1.807) is 19.2 Å². The minimum Gasteiger partial charge on any atom is -0.495 e. The van der Waals surface area contributed by atoms with Crippen molar-refractivity contribution in [2.24, 2.45) is 0 Å². The van der Waals surface area contributed by atoms with Gasteiger partial charge >= 0.3 is 5.97 Å². The smallest absolute Gasteiger partial charge is 0.335 e. The topological polar surface area (TPSA) is 67.8 Å². The van der Waals surface area contributed by atoms with Crippen molar-refractivity contribution in [1.29, 1.82) is 0 Å². The van der Waals surface area contributed by atoms with E-state index >= 15 is 0 Å². The minimum atomic E-state index is -0.974. The van der Waals surface area contributed by atoms with Gasteiger partial charge in [0, 0.05) is 12.1 Å². The van der Waals surface area contributed by atoms with Gasteiger partial charge in [0.15, 0.2) is 0 Å². The van der Waals surface area contributed by atoms with Gasteiger partial charge in [0.05, 0.1) is 25.0 Å². The molecule has 0 fully saturated rings. The largest absolute Gasteiger partial charge is 0.495 e. The van der Waals surface area contributed by atoms with Crippen LogP contribution in [0.1, 0.15) is 29.3 Å². The molecule has 0 atom stereocenters. The summed E-state index contributed by atoms with van der Waals surface area (Å²) in [6.45, 7) is 3.20. The lowest BCUT2D eigenvalue weighted by molar-refractivity contribution is 0.0697. The van der Waals surface area contributed by atoms with Gasteiger partial charge in [-0.15, -0.1) is 0 Å². The Morgan fingerprint density at radius 3 is 2.59 bits per heavy atom. The number of carboxylic acid groups (broad SMARTS) is 1. The molecule has 27 heavy (non-hydrogen) atoms. The first kappa shape index (κ1) is 18.6. The van der Waals surface area contributed by atoms with Crippen LogP contribution in [0.5, 0.6) is 11.5 Å². The standard InChI is InChI=1S/C22H23NO4/c1-3-12-27-20-10-8-15-6-4-5-7-17(15)18(20)14-23-19-13-16(22(24)25)9-11-21(19)26-2/h4-11,13,23H,3,12,14H2,1-2H3,(H,24,25). The fourth-order valence-electron chi connectivity index (χ4n) is 3.01. The van der Waals surface area contributed by atoms with Crippen molar-refractivity contribution in [3.63, 3.8) is 0 Å². The highest BCUT2D eigenvalue weighted by Crippen LogP contribution is 2.31. The van der Waals surface area contributed by atoms with E-state index in [0.29, 0.717) is 24.6 Å². The van der Waals surface area contributed by atoms with Gasteiger partial charge in [0.25, 0.3) is 0 Å². The highest BCUT2D eigenvalue weighted by atomic mass is 16.5. The van der Waals surface area contributed by atoms with Crippen molar-refractivity contribution >= 4 is 22.4 Å². The average Bonchev–Trinajstić information content (AvgIpc) is 2.70. The monoisotopic (exact) mass is 365 g/mol. The van der Waals surface area contributed by atoms with Gasteiger partial charge in [-0.3, -0.25) is 0 Å². The van der Waals surface area contributed by atoms with Crippen molar-refractivity contribution in [1.82, 2.24) is 0 Å². The molecule has 5 nitrogen and oxygen atoms in total. The van der Waals surface area contributed by atoms with Crippen LogP contribution in [0.25, 0.3) is 10.8 Å². The van der Waals surface area contributed by atoms with E-state index in [0.717, 1.165) is 28.5 Å². The molecule has 0 heterocycles. The maximum absolute atomic E-state index is 11.3. The Bertz CT molecular complexity index is 952. The summed E-state index contributed by atoms with van der Waals surface area (Å²) < 4.78 is 11.3. The molecular formula is C22H23NO4. The first-order chi connectivity index (χ1) is 13.1. The summed E-state index contributed by atoms with van der Waals surface area (Å²) in [5.41, 5.74) is 1.87. The molecule has 140 valence electrons. The van der Waals surface area contributed by atoms with Crippen LogP contribution in [-0.2, 0) is 6.54 Å². The van der Waals surface area contributed by atoms with Crippen LogP contribution in [-0.4, -0.2) is 24.8 Å². The van der Waals surface area contributed by atoms with Crippen LogP contribution in [0.2, 0.25) is 0 Å². The molecule has 0 aromatic heterocycles. The fourth-order valence-corrected chi connectivity index (χ4v) is 3.01. The molecule has 0 saturated heterocycles. The third-order valence-corrected chi connectivity index (χ3v) is 4.36. The number of anilines is 1. The maximum Gasteiger partial charge on any atom is 0.335 e. The highest BCUT2D eigenvalue weighted by molar-refractivity contribution is 5.90. The van der Waals surface area contributed by atoms with Gasteiger partial charge in [0.1, 0.15) is 11.5 Å². The molecule has 0 spiro atoms. The fraction of sp³-hybridized carbons (Fsp3) is 0.227. The molecular weight excluding hydrogens is 342 g/mol. The number of methoxy groups -OCH3 is 1. The van der Waals surface area contributed by atoms with Gasteiger partial charge in [-0.1, -0.05) is 37.3 Å². The van der Waals surface area contributed by atoms with Crippen LogP contribution in [0.4, 0.5) is 5.69 Å². The zero-order chi connectivity index (χ0) is 19.2. The maximum atomic E-state index is 11.3. The predicted molar refractivity (Wildman–Crippen MR) is 107 cm³/mol. The Morgan fingerprint density at radius 2 is 1.85 bits per heavy atom. The van der Waals surface area contributed by atoms with Crippen LogP contribution < -0.4 is 14.8 Å². The predicted octanol–water partition coefficient (Wildman–Crippen LogP) is 4.95. The summed E-state index contributed by atoms with van der Waals surface area (Å²) in [6, 6.07) is 16.9. The van der Waals surface area contributed by atoms with Crippen molar-refractivity contribution in [3.8, 4) is 11.5 Å². The average molecular weight is 365 g/mol. The molecule has 0 aliphatic carbocycles. The van der Waals surface area contributed by atoms with Crippen LogP contribution in [0, 0.1) is 0 Å². The lowest BCUT2D eigenvalue weighted by Crippen LogP contribution is -2.07. The number of carboxylic acids is 1. The van der Waals surface area contributed by atoms with Gasteiger partial charge < -0.3 is 19.9 Å². The number of fused-ring (bicyclic) bond motifs is 1. The number of hydrogen-bond donors (Lipinski definition) is 2. The lowest BCUT2D eigenvalue weighted by atomic mass is 10.0. The number of carbonyl (C=O) groups is 1. The molecule has 3 aromatic carbocycles.